The highest BCUT2D eigenvalue weighted by molar-refractivity contribution is 9.10. The fourth-order valence-electron chi connectivity index (χ4n) is 1.59. The zero-order valence-corrected chi connectivity index (χ0v) is 12.1. The predicted molar refractivity (Wildman–Crippen MR) is 79.6 cm³/mol. The molecule has 0 saturated heterocycles. The molecule has 0 unspecified atom stereocenters. The lowest BCUT2D eigenvalue weighted by atomic mass is 10.2. The minimum absolute atomic E-state index is 0.0679. The first-order valence-electron chi connectivity index (χ1n) is 5.48. The lowest BCUT2D eigenvalue weighted by molar-refractivity contribution is -0.384. The molecule has 19 heavy (non-hydrogen) atoms. The number of benzene rings is 2. The van der Waals surface area contributed by atoms with Crippen molar-refractivity contribution in [1.29, 1.82) is 0 Å². The minimum Gasteiger partial charge on any atom is -0.381 e. The van der Waals surface area contributed by atoms with Crippen molar-refractivity contribution in [2.75, 3.05) is 5.32 Å². The highest BCUT2D eigenvalue weighted by Gasteiger charge is 2.08. The molecule has 1 N–H and O–H groups in total. The zero-order valence-electron chi connectivity index (χ0n) is 9.77. The summed E-state index contributed by atoms with van der Waals surface area (Å²) in [6.45, 7) is 0.554. The number of hydrogen-bond donors (Lipinski definition) is 1. The fraction of sp³-hybridized carbons (Fsp3) is 0.0769. The Morgan fingerprint density at radius 2 is 2.05 bits per heavy atom. The number of anilines is 1. The summed E-state index contributed by atoms with van der Waals surface area (Å²) in [5, 5.41) is 14.5. The monoisotopic (exact) mass is 340 g/mol. The van der Waals surface area contributed by atoms with Crippen LogP contribution in [0.15, 0.2) is 46.9 Å². The molecule has 0 saturated carbocycles. The third-order valence-corrected chi connectivity index (χ3v) is 3.53. The Balaban J connectivity index is 2.10. The topological polar surface area (TPSA) is 55.2 Å². The first-order chi connectivity index (χ1) is 9.06. The van der Waals surface area contributed by atoms with Crippen LogP contribution in [0.1, 0.15) is 5.56 Å². The average molecular weight is 342 g/mol. The summed E-state index contributed by atoms with van der Waals surface area (Å²) in [5.74, 6) is 0. The number of rotatable bonds is 4. The largest absolute Gasteiger partial charge is 0.381 e. The standard InChI is InChI=1S/C13H10BrClN2O2/c14-13-7-12(17(18)19)5-4-9(13)8-16-11-3-1-2-10(15)6-11/h1-7,16H,8H2. The highest BCUT2D eigenvalue weighted by atomic mass is 79.9. The van der Waals surface area contributed by atoms with Gasteiger partial charge in [0.05, 0.1) is 4.92 Å². The summed E-state index contributed by atoms with van der Waals surface area (Å²) < 4.78 is 0.705. The van der Waals surface area contributed by atoms with Crippen LogP contribution in [-0.2, 0) is 6.54 Å². The van der Waals surface area contributed by atoms with Crippen LogP contribution in [0.25, 0.3) is 0 Å². The van der Waals surface area contributed by atoms with Crippen LogP contribution in [0.3, 0.4) is 0 Å². The molecule has 0 atom stereocenters. The summed E-state index contributed by atoms with van der Waals surface area (Å²) in [6.07, 6.45) is 0. The van der Waals surface area contributed by atoms with Gasteiger partial charge in [-0.3, -0.25) is 10.1 Å². The van der Waals surface area contributed by atoms with E-state index in [1.54, 1.807) is 12.1 Å². The molecule has 0 radical (unpaired) electrons. The molecule has 0 aliphatic carbocycles. The maximum atomic E-state index is 10.6. The molecule has 0 heterocycles. The van der Waals surface area contributed by atoms with E-state index in [9.17, 15) is 10.1 Å². The lowest BCUT2D eigenvalue weighted by Gasteiger charge is -2.08. The van der Waals surface area contributed by atoms with E-state index >= 15 is 0 Å². The number of non-ortho nitro benzene ring substituents is 1. The lowest BCUT2D eigenvalue weighted by Crippen LogP contribution is -2.00. The Kier molecular flexibility index (Phi) is 4.39. The molecule has 0 amide bonds. The van der Waals surface area contributed by atoms with E-state index in [0.717, 1.165) is 11.3 Å². The Morgan fingerprint density at radius 1 is 1.26 bits per heavy atom. The predicted octanol–water partition coefficient (Wildman–Crippen LogP) is 4.62. The van der Waals surface area contributed by atoms with E-state index in [2.05, 4.69) is 21.2 Å². The SMILES string of the molecule is O=[N+]([O-])c1ccc(CNc2cccc(Cl)c2)c(Br)c1. The van der Waals surface area contributed by atoms with Gasteiger partial charge in [-0.2, -0.15) is 0 Å². The molecule has 98 valence electrons. The molecule has 6 heteroatoms. The van der Waals surface area contributed by atoms with Gasteiger partial charge in [-0.1, -0.05) is 33.6 Å². The van der Waals surface area contributed by atoms with Gasteiger partial charge in [-0.25, -0.2) is 0 Å². The van der Waals surface area contributed by atoms with E-state index in [1.807, 2.05) is 18.2 Å². The van der Waals surface area contributed by atoms with Gasteiger partial charge in [0.15, 0.2) is 0 Å². The minimum atomic E-state index is -0.418. The molecule has 2 aromatic carbocycles. The molecule has 4 nitrogen and oxygen atoms in total. The first-order valence-corrected chi connectivity index (χ1v) is 6.65. The third kappa shape index (κ3) is 3.68. The number of hydrogen-bond acceptors (Lipinski definition) is 3. The van der Waals surface area contributed by atoms with Gasteiger partial charge in [0.2, 0.25) is 0 Å². The summed E-state index contributed by atoms with van der Waals surface area (Å²) in [6, 6.07) is 12.1. The molecule has 0 spiro atoms. The maximum absolute atomic E-state index is 10.6. The van der Waals surface area contributed by atoms with Crippen molar-refractivity contribution in [3.05, 3.63) is 67.6 Å². The number of halogens is 2. The van der Waals surface area contributed by atoms with E-state index < -0.39 is 4.92 Å². The molecular formula is C13H10BrClN2O2. The number of nitro groups is 1. The molecular weight excluding hydrogens is 332 g/mol. The van der Waals surface area contributed by atoms with E-state index in [4.69, 9.17) is 11.6 Å². The summed E-state index contributed by atoms with van der Waals surface area (Å²) >= 11 is 9.22. The molecule has 2 aromatic rings. The normalized spacial score (nSPS) is 10.2. The van der Waals surface area contributed by atoms with Gasteiger partial charge >= 0.3 is 0 Å². The van der Waals surface area contributed by atoms with Gasteiger partial charge in [0.1, 0.15) is 0 Å². The Hall–Kier alpha value is -1.59. The van der Waals surface area contributed by atoms with Crippen LogP contribution in [0.5, 0.6) is 0 Å². The average Bonchev–Trinajstić information content (AvgIpc) is 2.37. The van der Waals surface area contributed by atoms with E-state index in [1.165, 1.54) is 12.1 Å². The summed E-state index contributed by atoms with van der Waals surface area (Å²) in [7, 11) is 0. The van der Waals surface area contributed by atoms with Crippen LogP contribution < -0.4 is 5.32 Å². The third-order valence-electron chi connectivity index (χ3n) is 2.56. The van der Waals surface area contributed by atoms with E-state index in [-0.39, 0.29) is 5.69 Å². The number of nitro benzene ring substituents is 1. The first kappa shape index (κ1) is 13.8. The fourth-order valence-corrected chi connectivity index (χ4v) is 2.29. The molecule has 2 rings (SSSR count). The Labute approximate surface area is 123 Å². The van der Waals surface area contributed by atoms with Crippen molar-refractivity contribution in [3.8, 4) is 0 Å². The second-order valence-electron chi connectivity index (χ2n) is 3.90. The second kappa shape index (κ2) is 6.04. The van der Waals surface area contributed by atoms with Crippen molar-refractivity contribution in [1.82, 2.24) is 0 Å². The Bertz CT molecular complexity index is 619. The van der Waals surface area contributed by atoms with Crippen LogP contribution in [0.2, 0.25) is 5.02 Å². The van der Waals surface area contributed by atoms with Crippen molar-refractivity contribution in [3.63, 3.8) is 0 Å². The van der Waals surface area contributed by atoms with Crippen LogP contribution in [0, 0.1) is 10.1 Å². The van der Waals surface area contributed by atoms with Gasteiger partial charge < -0.3 is 5.32 Å². The summed E-state index contributed by atoms with van der Waals surface area (Å²) in [5.41, 5.74) is 1.90. The molecule has 0 aromatic heterocycles. The zero-order chi connectivity index (χ0) is 13.8. The van der Waals surface area contributed by atoms with Gasteiger partial charge in [-0.05, 0) is 29.8 Å². The number of nitrogens with zero attached hydrogens (tertiary/aromatic N) is 1. The van der Waals surface area contributed by atoms with Gasteiger partial charge in [-0.15, -0.1) is 0 Å². The van der Waals surface area contributed by atoms with Gasteiger partial charge in [0, 0.05) is 33.9 Å². The molecule has 0 fully saturated rings. The van der Waals surface area contributed by atoms with E-state index in [0.29, 0.717) is 16.0 Å². The van der Waals surface area contributed by atoms with Gasteiger partial charge in [0.25, 0.3) is 5.69 Å². The maximum Gasteiger partial charge on any atom is 0.270 e. The van der Waals surface area contributed by atoms with Crippen molar-refractivity contribution in [2.24, 2.45) is 0 Å². The number of nitrogens with one attached hydrogen (secondary N) is 1. The molecule has 0 aliphatic heterocycles. The van der Waals surface area contributed by atoms with Crippen LogP contribution >= 0.6 is 27.5 Å². The molecule has 0 aliphatic rings. The smallest absolute Gasteiger partial charge is 0.270 e. The second-order valence-corrected chi connectivity index (χ2v) is 5.19. The van der Waals surface area contributed by atoms with Crippen LogP contribution in [-0.4, -0.2) is 4.92 Å². The molecule has 0 bridgehead atoms. The highest BCUT2D eigenvalue weighted by Crippen LogP contribution is 2.24. The summed E-state index contributed by atoms with van der Waals surface area (Å²) in [4.78, 5) is 10.2. The Morgan fingerprint density at radius 3 is 2.68 bits per heavy atom. The quantitative estimate of drug-likeness (QED) is 0.652. The van der Waals surface area contributed by atoms with Crippen LogP contribution in [0.4, 0.5) is 11.4 Å². The van der Waals surface area contributed by atoms with Crippen molar-refractivity contribution < 1.29 is 4.92 Å². The van der Waals surface area contributed by atoms with Crippen molar-refractivity contribution >= 4 is 38.9 Å². The van der Waals surface area contributed by atoms with Crippen molar-refractivity contribution in [2.45, 2.75) is 6.54 Å².